The average molecular weight is 380 g/mol. The van der Waals surface area contributed by atoms with Crippen LogP contribution in [0.1, 0.15) is 18.4 Å². The van der Waals surface area contributed by atoms with Crippen molar-refractivity contribution in [3.05, 3.63) is 22.6 Å². The standard InChI is InChI=1S/C16H15NO6S2/c1-21-10-5-9(6-11-14(10)23-8-22-11)7-12-15(20)17(16(24)25-12)4-2-3-13(18)19/h5-7H,2-4,8H2,1H3,(H,18,19)/p-1/b12-7-. The molecule has 2 heterocycles. The highest BCUT2D eigenvalue weighted by Gasteiger charge is 2.31. The predicted octanol–water partition coefficient (Wildman–Crippen LogP) is 1.16. The number of thiocarbonyl (C=S) groups is 1. The van der Waals surface area contributed by atoms with Crippen molar-refractivity contribution < 1.29 is 28.9 Å². The van der Waals surface area contributed by atoms with E-state index in [0.29, 0.717) is 32.9 Å². The Kier molecular flexibility index (Phi) is 5.14. The minimum Gasteiger partial charge on any atom is -0.550 e. The van der Waals surface area contributed by atoms with Crippen LogP contribution >= 0.6 is 24.0 Å². The number of carbonyl (C=O) groups is 2. The number of carboxylic acids is 1. The van der Waals surface area contributed by atoms with Crippen LogP contribution in [0.3, 0.4) is 0 Å². The van der Waals surface area contributed by atoms with E-state index in [9.17, 15) is 14.7 Å². The molecule has 0 atom stereocenters. The summed E-state index contributed by atoms with van der Waals surface area (Å²) in [5.74, 6) is 0.216. The number of hydrogen-bond donors (Lipinski definition) is 0. The zero-order valence-corrected chi connectivity index (χ0v) is 14.9. The minimum atomic E-state index is -1.14. The van der Waals surface area contributed by atoms with Crippen LogP contribution in [0.4, 0.5) is 0 Å². The molecular weight excluding hydrogens is 366 g/mol. The zero-order chi connectivity index (χ0) is 18.0. The summed E-state index contributed by atoms with van der Waals surface area (Å²) in [5.41, 5.74) is 0.719. The second-order valence-electron chi connectivity index (χ2n) is 5.27. The van der Waals surface area contributed by atoms with Crippen molar-refractivity contribution in [1.29, 1.82) is 0 Å². The van der Waals surface area contributed by atoms with E-state index in [2.05, 4.69) is 0 Å². The third-order valence-corrected chi connectivity index (χ3v) is 4.99. The maximum atomic E-state index is 12.5. The first kappa shape index (κ1) is 17.6. The molecule has 9 heteroatoms. The number of fused-ring (bicyclic) bond motifs is 1. The summed E-state index contributed by atoms with van der Waals surface area (Å²) < 4.78 is 16.4. The van der Waals surface area contributed by atoms with E-state index in [0.717, 1.165) is 5.56 Å². The fourth-order valence-corrected chi connectivity index (χ4v) is 3.77. The van der Waals surface area contributed by atoms with Crippen LogP contribution in [0.2, 0.25) is 0 Å². The van der Waals surface area contributed by atoms with Crippen molar-refractivity contribution in [3.63, 3.8) is 0 Å². The van der Waals surface area contributed by atoms with Gasteiger partial charge in [0.1, 0.15) is 4.32 Å². The van der Waals surface area contributed by atoms with Gasteiger partial charge in [0.15, 0.2) is 11.5 Å². The van der Waals surface area contributed by atoms with Gasteiger partial charge in [0.25, 0.3) is 5.91 Å². The molecule has 132 valence electrons. The molecule has 2 aliphatic heterocycles. The van der Waals surface area contributed by atoms with Gasteiger partial charge in [0.2, 0.25) is 12.5 Å². The van der Waals surface area contributed by atoms with E-state index in [1.165, 1.54) is 23.8 Å². The van der Waals surface area contributed by atoms with Crippen LogP contribution in [0.15, 0.2) is 17.0 Å². The monoisotopic (exact) mass is 380 g/mol. The molecule has 0 unspecified atom stereocenters. The molecule has 0 aliphatic carbocycles. The van der Waals surface area contributed by atoms with Gasteiger partial charge in [-0.3, -0.25) is 9.69 Å². The Balaban J connectivity index is 1.79. The van der Waals surface area contributed by atoms with E-state index in [4.69, 9.17) is 26.4 Å². The Morgan fingerprint density at radius 2 is 2.28 bits per heavy atom. The Morgan fingerprint density at radius 3 is 3.00 bits per heavy atom. The number of methoxy groups -OCH3 is 1. The molecule has 0 spiro atoms. The van der Waals surface area contributed by atoms with E-state index in [1.54, 1.807) is 18.2 Å². The maximum Gasteiger partial charge on any atom is 0.266 e. The SMILES string of the molecule is COc1cc(/C=C2\SC(=S)N(CCCC(=O)[O-])C2=O)cc2c1OCO2. The maximum absolute atomic E-state index is 12.5. The molecule has 1 saturated heterocycles. The van der Waals surface area contributed by atoms with Gasteiger partial charge < -0.3 is 24.1 Å². The first-order valence-electron chi connectivity index (χ1n) is 7.42. The molecular formula is C16H14NO6S2-. The Hall–Kier alpha value is -2.26. The molecule has 0 N–H and O–H groups in total. The number of nitrogens with zero attached hydrogens (tertiary/aromatic N) is 1. The van der Waals surface area contributed by atoms with Crippen molar-refractivity contribution in [2.45, 2.75) is 12.8 Å². The Labute approximate surface area is 153 Å². The largest absolute Gasteiger partial charge is 0.550 e. The van der Waals surface area contributed by atoms with Crippen molar-refractivity contribution in [1.82, 2.24) is 4.90 Å². The summed E-state index contributed by atoms with van der Waals surface area (Å²) >= 11 is 6.39. The van der Waals surface area contributed by atoms with Crippen LogP contribution in [0.5, 0.6) is 17.2 Å². The molecule has 0 bridgehead atoms. The van der Waals surface area contributed by atoms with Gasteiger partial charge in [0, 0.05) is 12.5 Å². The Bertz CT molecular complexity index is 776. The summed E-state index contributed by atoms with van der Waals surface area (Å²) in [5, 5.41) is 10.5. The lowest BCUT2D eigenvalue weighted by Crippen LogP contribution is -2.30. The smallest absolute Gasteiger partial charge is 0.266 e. The first-order chi connectivity index (χ1) is 12.0. The van der Waals surface area contributed by atoms with Crippen molar-refractivity contribution in [2.75, 3.05) is 20.4 Å². The number of thioether (sulfide) groups is 1. The molecule has 1 fully saturated rings. The molecule has 1 aromatic carbocycles. The van der Waals surface area contributed by atoms with Crippen molar-refractivity contribution in [2.24, 2.45) is 0 Å². The highest BCUT2D eigenvalue weighted by molar-refractivity contribution is 8.26. The molecule has 3 rings (SSSR count). The van der Waals surface area contributed by atoms with Gasteiger partial charge in [-0.15, -0.1) is 0 Å². The number of rotatable bonds is 6. The first-order valence-corrected chi connectivity index (χ1v) is 8.65. The molecule has 1 amide bonds. The second-order valence-corrected chi connectivity index (χ2v) is 6.94. The minimum absolute atomic E-state index is 0.116. The number of amides is 1. The van der Waals surface area contributed by atoms with Gasteiger partial charge in [-0.05, 0) is 36.6 Å². The van der Waals surface area contributed by atoms with Gasteiger partial charge >= 0.3 is 0 Å². The van der Waals surface area contributed by atoms with E-state index < -0.39 is 5.97 Å². The van der Waals surface area contributed by atoms with Gasteiger partial charge in [-0.25, -0.2) is 0 Å². The van der Waals surface area contributed by atoms with Crippen LogP contribution in [-0.2, 0) is 9.59 Å². The summed E-state index contributed by atoms with van der Waals surface area (Å²) in [6.45, 7) is 0.371. The van der Waals surface area contributed by atoms with Crippen molar-refractivity contribution >= 4 is 46.3 Å². The van der Waals surface area contributed by atoms with Crippen molar-refractivity contribution in [3.8, 4) is 17.2 Å². The number of ether oxygens (including phenoxy) is 3. The van der Waals surface area contributed by atoms with Crippen LogP contribution < -0.4 is 19.3 Å². The highest BCUT2D eigenvalue weighted by Crippen LogP contribution is 2.43. The molecule has 0 radical (unpaired) electrons. The average Bonchev–Trinajstić information content (AvgIpc) is 3.13. The number of hydrogen-bond acceptors (Lipinski definition) is 8. The zero-order valence-electron chi connectivity index (χ0n) is 13.3. The number of aliphatic carboxylic acids is 1. The van der Waals surface area contributed by atoms with Gasteiger partial charge in [0.05, 0.1) is 12.0 Å². The van der Waals surface area contributed by atoms with Gasteiger partial charge in [-0.1, -0.05) is 24.0 Å². The van der Waals surface area contributed by atoms with Gasteiger partial charge in [-0.2, -0.15) is 0 Å². The summed E-state index contributed by atoms with van der Waals surface area (Å²) in [6.07, 6.45) is 1.87. The molecule has 2 aliphatic rings. The molecule has 7 nitrogen and oxygen atoms in total. The third kappa shape index (κ3) is 3.72. The number of carboxylic acid groups (broad SMARTS) is 1. The predicted molar refractivity (Wildman–Crippen MR) is 93.2 cm³/mol. The number of carbonyl (C=O) groups excluding carboxylic acids is 2. The van der Waals surface area contributed by atoms with E-state index in [-0.39, 0.29) is 25.7 Å². The highest BCUT2D eigenvalue weighted by atomic mass is 32.2. The lowest BCUT2D eigenvalue weighted by molar-refractivity contribution is -0.305. The normalized spacial score (nSPS) is 17.5. The van der Waals surface area contributed by atoms with Crippen LogP contribution in [-0.4, -0.2) is 41.5 Å². The fourth-order valence-electron chi connectivity index (χ4n) is 2.46. The van der Waals surface area contributed by atoms with Crippen LogP contribution in [0, 0.1) is 0 Å². The van der Waals surface area contributed by atoms with E-state index in [1.807, 2.05) is 0 Å². The summed E-state index contributed by atoms with van der Waals surface area (Å²) in [4.78, 5) is 24.8. The number of benzene rings is 1. The molecule has 0 saturated carbocycles. The van der Waals surface area contributed by atoms with Crippen LogP contribution in [0.25, 0.3) is 6.08 Å². The van der Waals surface area contributed by atoms with E-state index >= 15 is 0 Å². The fraction of sp³-hybridized carbons (Fsp3) is 0.312. The molecule has 0 aromatic heterocycles. The molecule has 1 aromatic rings. The topological polar surface area (TPSA) is 88.1 Å². The second kappa shape index (κ2) is 7.32. The quantitative estimate of drug-likeness (QED) is 0.537. The lowest BCUT2D eigenvalue weighted by Gasteiger charge is -2.14. The lowest BCUT2D eigenvalue weighted by atomic mass is 10.1. The third-order valence-electron chi connectivity index (χ3n) is 3.61. The Morgan fingerprint density at radius 1 is 1.48 bits per heavy atom. The molecule has 25 heavy (non-hydrogen) atoms. The summed E-state index contributed by atoms with van der Waals surface area (Å²) in [6, 6.07) is 3.50. The summed E-state index contributed by atoms with van der Waals surface area (Å²) in [7, 11) is 1.53.